The number of ether oxygens (including phenoxy) is 1. The quantitative estimate of drug-likeness (QED) is 0.215. The standard InChI is InChI=1S/C32H51BrO3/c1-20(2)21-10-15-32(19-34)17-16-30(6)22(27(21)32)8-9-24-29(5)13-12-25(36-26(35)18-33)28(3,4)23(29)11-14-31(24,30)7/h21-25,27,34H,1,8-19H2,2-7H3/t21-,22+,23-,24+,25-,27+,29-,30+,31+,32+/m0/s1. The van der Waals surface area contributed by atoms with Crippen molar-refractivity contribution in [2.45, 2.75) is 112 Å². The lowest BCUT2D eigenvalue weighted by molar-refractivity contribution is -0.251. The minimum Gasteiger partial charge on any atom is -0.461 e. The van der Waals surface area contributed by atoms with Crippen molar-refractivity contribution in [3.05, 3.63) is 12.2 Å². The molecule has 5 aliphatic carbocycles. The molecular formula is C32H51BrO3. The summed E-state index contributed by atoms with van der Waals surface area (Å²) < 4.78 is 6.00. The molecule has 4 heteroatoms. The highest BCUT2D eigenvalue weighted by molar-refractivity contribution is 9.09. The third-order valence-corrected chi connectivity index (χ3v) is 14.3. The molecule has 5 saturated carbocycles. The fraction of sp³-hybridized carbons (Fsp3) is 0.906. The zero-order valence-electron chi connectivity index (χ0n) is 23.8. The van der Waals surface area contributed by atoms with Crippen molar-refractivity contribution in [3.63, 3.8) is 0 Å². The molecule has 1 N–H and O–H groups in total. The Morgan fingerprint density at radius 1 is 0.917 bits per heavy atom. The van der Waals surface area contributed by atoms with E-state index in [2.05, 4.69) is 64.1 Å². The molecule has 0 aromatic rings. The molecule has 5 rings (SSSR count). The first-order chi connectivity index (χ1) is 16.8. The number of hydrogen-bond donors (Lipinski definition) is 1. The predicted molar refractivity (Wildman–Crippen MR) is 150 cm³/mol. The van der Waals surface area contributed by atoms with E-state index in [1.807, 2.05) is 0 Å². The molecule has 0 bridgehead atoms. The van der Waals surface area contributed by atoms with Crippen LogP contribution in [-0.4, -0.2) is 29.1 Å². The highest BCUT2D eigenvalue weighted by Gasteiger charge is 2.71. The first-order valence-electron chi connectivity index (χ1n) is 14.8. The van der Waals surface area contributed by atoms with Crippen LogP contribution in [0.1, 0.15) is 106 Å². The van der Waals surface area contributed by atoms with Crippen LogP contribution in [0.2, 0.25) is 0 Å². The van der Waals surface area contributed by atoms with Gasteiger partial charge in [0.2, 0.25) is 0 Å². The lowest BCUT2D eigenvalue weighted by atomic mass is 9.32. The van der Waals surface area contributed by atoms with Gasteiger partial charge in [-0.3, -0.25) is 4.79 Å². The summed E-state index contributed by atoms with van der Waals surface area (Å²) in [4.78, 5) is 12.2. The Morgan fingerprint density at radius 2 is 1.64 bits per heavy atom. The SMILES string of the molecule is C=C(C)[C@@H]1CC[C@]2(CO)CC[C@]3(C)[C@H](CC[C@@H]4[C@@]5(C)CC[C@H](OC(=O)CBr)C(C)(C)[C@@H]5CC[C@]43C)[C@@H]12. The Kier molecular flexibility index (Phi) is 6.68. The van der Waals surface area contributed by atoms with Crippen LogP contribution in [0.15, 0.2) is 12.2 Å². The minimum atomic E-state index is -0.122. The number of carbonyl (C=O) groups excluding carboxylic acids is 1. The van der Waals surface area contributed by atoms with Crippen LogP contribution in [0.4, 0.5) is 0 Å². The van der Waals surface area contributed by atoms with Crippen LogP contribution in [0, 0.1) is 56.7 Å². The van der Waals surface area contributed by atoms with E-state index in [4.69, 9.17) is 4.74 Å². The highest BCUT2D eigenvalue weighted by Crippen LogP contribution is 2.77. The van der Waals surface area contributed by atoms with Gasteiger partial charge >= 0.3 is 5.97 Å². The van der Waals surface area contributed by atoms with Gasteiger partial charge in [-0.15, -0.1) is 0 Å². The number of fused-ring (bicyclic) bond motifs is 7. The van der Waals surface area contributed by atoms with Gasteiger partial charge < -0.3 is 9.84 Å². The van der Waals surface area contributed by atoms with Gasteiger partial charge in [-0.1, -0.05) is 62.7 Å². The average molecular weight is 564 g/mol. The molecule has 0 unspecified atom stereocenters. The molecule has 0 amide bonds. The maximum absolute atomic E-state index is 12.2. The van der Waals surface area contributed by atoms with E-state index in [9.17, 15) is 9.90 Å². The summed E-state index contributed by atoms with van der Waals surface area (Å²) in [6.07, 6.45) is 12.2. The number of halogens is 1. The van der Waals surface area contributed by atoms with Crippen LogP contribution >= 0.6 is 15.9 Å². The van der Waals surface area contributed by atoms with Crippen molar-refractivity contribution in [2.24, 2.45) is 56.7 Å². The Hall–Kier alpha value is -0.350. The molecule has 5 fully saturated rings. The number of alkyl halides is 1. The molecule has 0 saturated heterocycles. The molecule has 5 aliphatic rings. The van der Waals surface area contributed by atoms with Gasteiger partial charge in [0.15, 0.2) is 0 Å². The van der Waals surface area contributed by atoms with E-state index in [1.165, 1.54) is 63.4 Å². The molecule has 204 valence electrons. The van der Waals surface area contributed by atoms with Crippen molar-refractivity contribution in [3.8, 4) is 0 Å². The first-order valence-corrected chi connectivity index (χ1v) is 15.9. The second kappa shape index (κ2) is 8.83. The maximum atomic E-state index is 12.2. The molecule has 0 heterocycles. The highest BCUT2D eigenvalue weighted by atomic mass is 79.9. The average Bonchev–Trinajstić information content (AvgIpc) is 3.22. The summed E-state index contributed by atoms with van der Waals surface area (Å²) in [6.45, 7) is 19.8. The van der Waals surface area contributed by atoms with Gasteiger partial charge in [-0.2, -0.15) is 0 Å². The molecule has 0 radical (unpaired) electrons. The molecular weight excluding hydrogens is 512 g/mol. The third kappa shape index (κ3) is 3.47. The van der Waals surface area contributed by atoms with E-state index < -0.39 is 0 Å². The van der Waals surface area contributed by atoms with Gasteiger partial charge in [0.05, 0.1) is 0 Å². The largest absolute Gasteiger partial charge is 0.461 e. The topological polar surface area (TPSA) is 46.5 Å². The van der Waals surface area contributed by atoms with Crippen LogP contribution in [0.3, 0.4) is 0 Å². The fourth-order valence-electron chi connectivity index (χ4n) is 11.9. The van der Waals surface area contributed by atoms with Crippen molar-refractivity contribution in [1.29, 1.82) is 0 Å². The van der Waals surface area contributed by atoms with Gasteiger partial charge in [-0.25, -0.2) is 0 Å². The number of hydrogen-bond acceptors (Lipinski definition) is 3. The third-order valence-electron chi connectivity index (χ3n) is 13.9. The Labute approximate surface area is 228 Å². The number of rotatable bonds is 4. The van der Waals surface area contributed by atoms with Crippen LogP contribution in [0.25, 0.3) is 0 Å². The fourth-order valence-corrected chi connectivity index (χ4v) is 12.1. The van der Waals surface area contributed by atoms with Crippen LogP contribution in [-0.2, 0) is 9.53 Å². The summed E-state index contributed by atoms with van der Waals surface area (Å²) in [6, 6.07) is 0. The monoisotopic (exact) mass is 562 g/mol. The lowest BCUT2D eigenvalue weighted by Crippen LogP contribution is -2.67. The van der Waals surface area contributed by atoms with Gasteiger partial charge in [0.1, 0.15) is 11.4 Å². The minimum absolute atomic E-state index is 0.000972. The van der Waals surface area contributed by atoms with Crippen molar-refractivity contribution >= 4 is 21.9 Å². The number of aliphatic hydroxyl groups excluding tert-OH is 1. The van der Waals surface area contributed by atoms with Gasteiger partial charge in [0.25, 0.3) is 0 Å². The number of aliphatic hydroxyl groups is 1. The van der Waals surface area contributed by atoms with E-state index >= 15 is 0 Å². The van der Waals surface area contributed by atoms with Gasteiger partial charge in [0, 0.05) is 12.0 Å². The zero-order chi connectivity index (χ0) is 26.3. The Balaban J connectivity index is 1.49. The Morgan fingerprint density at radius 3 is 2.28 bits per heavy atom. The number of allylic oxidation sites excluding steroid dienone is 1. The van der Waals surface area contributed by atoms with Crippen LogP contribution < -0.4 is 0 Å². The summed E-state index contributed by atoms with van der Waals surface area (Å²) in [5, 5.41) is 11.0. The van der Waals surface area contributed by atoms with E-state index in [-0.39, 0.29) is 33.6 Å². The lowest BCUT2D eigenvalue weighted by Gasteiger charge is -2.73. The molecule has 0 aromatic carbocycles. The Bertz CT molecular complexity index is 913. The summed E-state index contributed by atoms with van der Waals surface area (Å²) in [5.74, 6) is 3.03. The molecule has 0 aliphatic heterocycles. The normalized spacial score (nSPS) is 51.3. The maximum Gasteiger partial charge on any atom is 0.316 e. The second-order valence-electron chi connectivity index (χ2n) is 15.2. The van der Waals surface area contributed by atoms with E-state index in [0.29, 0.717) is 47.0 Å². The molecule has 36 heavy (non-hydrogen) atoms. The zero-order valence-corrected chi connectivity index (χ0v) is 25.4. The number of carbonyl (C=O) groups is 1. The molecule has 0 spiro atoms. The number of esters is 1. The summed E-state index contributed by atoms with van der Waals surface area (Å²) in [7, 11) is 0. The predicted octanol–water partition coefficient (Wildman–Crippen LogP) is 7.94. The molecule has 0 aromatic heterocycles. The van der Waals surface area contributed by atoms with Crippen molar-refractivity contribution < 1.29 is 14.6 Å². The van der Waals surface area contributed by atoms with Gasteiger partial charge in [-0.05, 0) is 122 Å². The smallest absolute Gasteiger partial charge is 0.316 e. The van der Waals surface area contributed by atoms with E-state index in [1.54, 1.807) is 0 Å². The van der Waals surface area contributed by atoms with Crippen LogP contribution in [0.5, 0.6) is 0 Å². The van der Waals surface area contributed by atoms with Crippen molar-refractivity contribution in [2.75, 3.05) is 11.9 Å². The van der Waals surface area contributed by atoms with Crippen molar-refractivity contribution in [1.82, 2.24) is 0 Å². The molecule has 10 atom stereocenters. The molecule has 3 nitrogen and oxygen atoms in total. The first kappa shape index (κ1) is 27.2. The summed E-state index contributed by atoms with van der Waals surface area (Å²) in [5.41, 5.74) is 2.39. The summed E-state index contributed by atoms with van der Waals surface area (Å²) >= 11 is 3.30. The van der Waals surface area contributed by atoms with E-state index in [0.717, 1.165) is 6.42 Å². The second-order valence-corrected chi connectivity index (χ2v) is 15.7.